The largest absolute Gasteiger partial charge is 0.328 e. The summed E-state index contributed by atoms with van der Waals surface area (Å²) in [7, 11) is -3.28. The third kappa shape index (κ3) is 2.97. The molecule has 0 atom stereocenters. The van der Waals surface area contributed by atoms with Gasteiger partial charge in [0, 0.05) is 18.5 Å². The second kappa shape index (κ2) is 5.33. The van der Waals surface area contributed by atoms with E-state index in [-0.39, 0.29) is 10.9 Å². The van der Waals surface area contributed by atoms with Crippen LogP contribution in [0.1, 0.15) is 19.9 Å². The number of hydrogen-bond acceptors (Lipinski definition) is 4. The van der Waals surface area contributed by atoms with Gasteiger partial charge in [0.05, 0.1) is 10.5 Å². The van der Waals surface area contributed by atoms with E-state index in [9.17, 15) is 18.0 Å². The number of aromatic amines is 1. The number of aromatic nitrogens is 2. The van der Waals surface area contributed by atoms with Gasteiger partial charge in [0.15, 0.2) is 9.84 Å². The average molecular weight is 308 g/mol. The molecule has 0 bridgehead atoms. The summed E-state index contributed by atoms with van der Waals surface area (Å²) in [5.41, 5.74) is 0.00811. The summed E-state index contributed by atoms with van der Waals surface area (Å²) in [4.78, 5) is 26.7. The lowest BCUT2D eigenvalue weighted by Crippen LogP contribution is -2.36. The van der Waals surface area contributed by atoms with Crippen molar-refractivity contribution in [3.63, 3.8) is 0 Å². The minimum absolute atomic E-state index is 0.180. The van der Waals surface area contributed by atoms with Crippen LogP contribution in [0.25, 0.3) is 11.1 Å². The van der Waals surface area contributed by atoms with Crippen LogP contribution in [0, 0.1) is 0 Å². The molecule has 1 aromatic carbocycles. The third-order valence-corrected chi connectivity index (χ3v) is 4.25. The summed E-state index contributed by atoms with van der Waals surface area (Å²) in [6, 6.07) is 5.72. The Hall–Kier alpha value is -2.15. The van der Waals surface area contributed by atoms with Crippen LogP contribution in [-0.4, -0.2) is 24.2 Å². The van der Waals surface area contributed by atoms with E-state index in [4.69, 9.17) is 0 Å². The molecule has 0 saturated heterocycles. The molecule has 1 N–H and O–H groups in total. The number of H-pyrrole nitrogens is 1. The molecule has 1 aromatic heterocycles. The lowest BCUT2D eigenvalue weighted by atomic mass is 10.1. The van der Waals surface area contributed by atoms with Crippen molar-refractivity contribution in [3.8, 4) is 11.1 Å². The Morgan fingerprint density at radius 1 is 1.10 bits per heavy atom. The van der Waals surface area contributed by atoms with E-state index in [1.54, 1.807) is 26.0 Å². The fraction of sp³-hybridized carbons (Fsp3) is 0.286. The molecule has 112 valence electrons. The second-order valence-electron chi connectivity index (χ2n) is 5.07. The van der Waals surface area contributed by atoms with E-state index in [1.165, 1.54) is 18.3 Å². The lowest BCUT2D eigenvalue weighted by Gasteiger charge is -2.10. The zero-order valence-corrected chi connectivity index (χ0v) is 12.8. The zero-order chi connectivity index (χ0) is 15.8. The van der Waals surface area contributed by atoms with E-state index in [1.807, 2.05) is 0 Å². The molecule has 7 heteroatoms. The Morgan fingerprint density at radius 3 is 2.14 bits per heavy atom. The monoisotopic (exact) mass is 308 g/mol. The number of sulfone groups is 1. The van der Waals surface area contributed by atoms with Crippen molar-refractivity contribution < 1.29 is 8.42 Å². The average Bonchev–Trinajstić information content (AvgIpc) is 2.37. The van der Waals surface area contributed by atoms with Gasteiger partial charge in [0.1, 0.15) is 0 Å². The van der Waals surface area contributed by atoms with Crippen molar-refractivity contribution in [2.75, 3.05) is 6.26 Å². The molecule has 2 aromatic rings. The molecule has 0 amide bonds. The van der Waals surface area contributed by atoms with Gasteiger partial charge < -0.3 is 4.98 Å². The summed E-state index contributed by atoms with van der Waals surface area (Å²) in [5.74, 6) is 0. The van der Waals surface area contributed by atoms with E-state index in [0.29, 0.717) is 11.1 Å². The van der Waals surface area contributed by atoms with Gasteiger partial charge in [-0.25, -0.2) is 13.2 Å². The Bertz CT molecular complexity index is 874. The first-order chi connectivity index (χ1) is 9.71. The zero-order valence-electron chi connectivity index (χ0n) is 12.0. The summed E-state index contributed by atoms with van der Waals surface area (Å²) < 4.78 is 24.0. The van der Waals surface area contributed by atoms with Gasteiger partial charge in [-0.1, -0.05) is 12.1 Å². The minimum Gasteiger partial charge on any atom is -0.313 e. The van der Waals surface area contributed by atoms with Gasteiger partial charge in [-0.15, -0.1) is 0 Å². The normalized spacial score (nSPS) is 11.8. The molecule has 0 aliphatic carbocycles. The highest BCUT2D eigenvalue weighted by Gasteiger charge is 2.13. The van der Waals surface area contributed by atoms with Crippen LogP contribution in [0.5, 0.6) is 0 Å². The van der Waals surface area contributed by atoms with Gasteiger partial charge in [-0.3, -0.25) is 9.36 Å². The molecule has 0 spiro atoms. The topological polar surface area (TPSA) is 89.0 Å². The lowest BCUT2D eigenvalue weighted by molar-refractivity contribution is 0.547. The summed E-state index contributed by atoms with van der Waals surface area (Å²) in [6.45, 7) is 3.49. The number of benzene rings is 1. The number of hydrogen-bond donors (Lipinski definition) is 1. The highest BCUT2D eigenvalue weighted by atomic mass is 32.2. The molecule has 0 aliphatic rings. The maximum absolute atomic E-state index is 12.3. The van der Waals surface area contributed by atoms with Gasteiger partial charge in [0.25, 0.3) is 5.56 Å². The maximum atomic E-state index is 12.3. The molecule has 1 heterocycles. The van der Waals surface area contributed by atoms with Gasteiger partial charge in [-0.2, -0.15) is 0 Å². The predicted octanol–water partition coefficient (Wildman–Crippen LogP) is 1.19. The summed E-state index contributed by atoms with van der Waals surface area (Å²) in [5, 5.41) is 0. The highest BCUT2D eigenvalue weighted by molar-refractivity contribution is 7.90. The van der Waals surface area contributed by atoms with E-state index >= 15 is 0 Å². The van der Waals surface area contributed by atoms with Crippen LogP contribution in [-0.2, 0) is 9.84 Å². The maximum Gasteiger partial charge on any atom is 0.328 e. The van der Waals surface area contributed by atoms with Gasteiger partial charge >= 0.3 is 5.69 Å². The van der Waals surface area contributed by atoms with Gasteiger partial charge in [0.2, 0.25) is 0 Å². The first kappa shape index (κ1) is 15.2. The second-order valence-corrected chi connectivity index (χ2v) is 7.09. The minimum atomic E-state index is -3.28. The highest BCUT2D eigenvalue weighted by Crippen LogP contribution is 2.17. The van der Waals surface area contributed by atoms with E-state index in [2.05, 4.69) is 4.98 Å². The number of nitrogens with one attached hydrogen (secondary N) is 1. The summed E-state index contributed by atoms with van der Waals surface area (Å²) in [6.07, 6.45) is 2.47. The molecule has 6 nitrogen and oxygen atoms in total. The Morgan fingerprint density at radius 2 is 1.67 bits per heavy atom. The van der Waals surface area contributed by atoms with Crippen LogP contribution in [0.15, 0.2) is 44.9 Å². The van der Waals surface area contributed by atoms with E-state index < -0.39 is 21.1 Å². The molecular formula is C14H16N2O4S. The quantitative estimate of drug-likeness (QED) is 0.922. The van der Waals surface area contributed by atoms with Crippen molar-refractivity contribution in [2.24, 2.45) is 0 Å². The Kier molecular flexibility index (Phi) is 3.87. The SMILES string of the molecule is CC(C)n1c(=O)[nH]cc(-c2ccc(S(C)(=O)=O)cc2)c1=O. The van der Waals surface area contributed by atoms with Crippen molar-refractivity contribution in [1.82, 2.24) is 9.55 Å². The standard InChI is InChI=1S/C14H16N2O4S/c1-9(2)16-13(17)12(8-15-14(16)18)10-4-6-11(7-5-10)21(3,19)20/h4-9H,1-3H3,(H,15,18). The first-order valence-electron chi connectivity index (χ1n) is 6.36. The van der Waals surface area contributed by atoms with Crippen molar-refractivity contribution in [1.29, 1.82) is 0 Å². The van der Waals surface area contributed by atoms with Crippen LogP contribution in [0.4, 0.5) is 0 Å². The smallest absolute Gasteiger partial charge is 0.313 e. The summed E-state index contributed by atoms with van der Waals surface area (Å²) >= 11 is 0. The Labute approximate surface area is 122 Å². The van der Waals surface area contributed by atoms with E-state index in [0.717, 1.165) is 10.8 Å². The number of rotatable bonds is 3. The van der Waals surface area contributed by atoms with Crippen LogP contribution >= 0.6 is 0 Å². The molecule has 0 saturated carbocycles. The fourth-order valence-electron chi connectivity index (χ4n) is 2.04. The fourth-order valence-corrected chi connectivity index (χ4v) is 2.68. The molecule has 0 unspecified atom stereocenters. The molecule has 0 radical (unpaired) electrons. The number of nitrogens with zero attached hydrogens (tertiary/aromatic N) is 1. The van der Waals surface area contributed by atoms with Crippen molar-refractivity contribution in [3.05, 3.63) is 51.3 Å². The third-order valence-electron chi connectivity index (χ3n) is 3.12. The van der Waals surface area contributed by atoms with Crippen molar-refractivity contribution in [2.45, 2.75) is 24.8 Å². The van der Waals surface area contributed by atoms with Crippen LogP contribution in [0.2, 0.25) is 0 Å². The molecule has 21 heavy (non-hydrogen) atoms. The van der Waals surface area contributed by atoms with Crippen LogP contribution < -0.4 is 11.2 Å². The predicted molar refractivity (Wildman–Crippen MR) is 80.3 cm³/mol. The molecule has 0 fully saturated rings. The molecular weight excluding hydrogens is 292 g/mol. The first-order valence-corrected chi connectivity index (χ1v) is 8.25. The van der Waals surface area contributed by atoms with Crippen molar-refractivity contribution >= 4 is 9.84 Å². The molecule has 0 aliphatic heterocycles. The molecule has 2 rings (SSSR count). The Balaban J connectivity index is 2.61. The van der Waals surface area contributed by atoms with Gasteiger partial charge in [-0.05, 0) is 31.5 Å². The van der Waals surface area contributed by atoms with Crippen LogP contribution in [0.3, 0.4) is 0 Å².